The Kier molecular flexibility index (Phi) is 5.88. The minimum absolute atomic E-state index is 0.0899. The van der Waals surface area contributed by atoms with Crippen LogP contribution in [0.3, 0.4) is 0 Å². The van der Waals surface area contributed by atoms with Gasteiger partial charge in [-0.25, -0.2) is 0 Å². The van der Waals surface area contributed by atoms with Crippen LogP contribution in [0.4, 0.5) is 0 Å². The molecule has 0 aromatic carbocycles. The van der Waals surface area contributed by atoms with Crippen LogP contribution in [0.2, 0.25) is 0 Å². The van der Waals surface area contributed by atoms with Gasteiger partial charge in [-0.05, 0) is 31.4 Å². The van der Waals surface area contributed by atoms with Crippen molar-refractivity contribution in [3.63, 3.8) is 0 Å². The number of ether oxygens (including phenoxy) is 1. The molecule has 25 heavy (non-hydrogen) atoms. The quantitative estimate of drug-likeness (QED) is 0.803. The van der Waals surface area contributed by atoms with Gasteiger partial charge in [0.15, 0.2) is 0 Å². The van der Waals surface area contributed by atoms with Crippen LogP contribution < -0.4 is 0 Å². The van der Waals surface area contributed by atoms with Crippen molar-refractivity contribution >= 4 is 12.0 Å². The van der Waals surface area contributed by atoms with Gasteiger partial charge in [-0.15, -0.1) is 0 Å². The second-order valence-corrected chi connectivity index (χ2v) is 6.87. The number of carbonyl (C=O) groups excluding carboxylic acids is 1. The van der Waals surface area contributed by atoms with Gasteiger partial charge in [-0.1, -0.05) is 0 Å². The number of aliphatic hydroxyl groups is 1. The number of hydrogen-bond acceptors (Lipinski definition) is 5. The highest BCUT2D eigenvalue weighted by Gasteiger charge is 2.38. The van der Waals surface area contributed by atoms with Crippen molar-refractivity contribution in [2.75, 3.05) is 33.4 Å². The summed E-state index contributed by atoms with van der Waals surface area (Å²) in [7, 11) is 3.62. The number of carbonyl (C=O) groups is 1. The first-order valence-electron chi connectivity index (χ1n) is 9.00. The summed E-state index contributed by atoms with van der Waals surface area (Å²) in [6.07, 6.45) is 7.33. The lowest BCUT2D eigenvalue weighted by atomic mass is 9.86. The predicted molar refractivity (Wildman–Crippen MR) is 94.8 cm³/mol. The third-order valence-electron chi connectivity index (χ3n) is 5.40. The molecule has 1 aromatic heterocycles. The van der Waals surface area contributed by atoms with Crippen LogP contribution in [-0.4, -0.2) is 82.1 Å². The second kappa shape index (κ2) is 8.12. The summed E-state index contributed by atoms with van der Waals surface area (Å²) in [5.74, 6) is -0.0899. The van der Waals surface area contributed by atoms with E-state index >= 15 is 0 Å². The van der Waals surface area contributed by atoms with Gasteiger partial charge in [-0.2, -0.15) is 5.10 Å². The zero-order chi connectivity index (χ0) is 17.8. The molecular weight excluding hydrogens is 320 g/mol. The van der Waals surface area contributed by atoms with E-state index in [0.717, 1.165) is 51.3 Å². The van der Waals surface area contributed by atoms with Gasteiger partial charge in [0.2, 0.25) is 5.91 Å². The molecule has 3 atom stereocenters. The van der Waals surface area contributed by atoms with E-state index in [0.29, 0.717) is 0 Å². The Hall–Kier alpha value is -1.70. The highest BCUT2D eigenvalue weighted by Crippen LogP contribution is 2.27. The maximum Gasteiger partial charge on any atom is 0.246 e. The monoisotopic (exact) mass is 348 g/mol. The van der Waals surface area contributed by atoms with E-state index in [1.165, 1.54) is 0 Å². The average Bonchev–Trinajstić information content (AvgIpc) is 3.05. The maximum atomic E-state index is 12.5. The standard InChI is InChI=1S/C18H28N4O3/c1-20(17(23)7-6-14-8-9-19-21(14)2)15-4-3-5-16(18(15)24)22-10-12-25-13-11-22/h6-9,15-16,18,24H,3-5,10-13H2,1-2H3/b7-6+/t15-,16-,18-/m1/s1. The Labute approximate surface area is 148 Å². The number of aromatic nitrogens is 2. The van der Waals surface area contributed by atoms with Crippen molar-refractivity contribution in [2.24, 2.45) is 7.05 Å². The number of aryl methyl sites for hydroxylation is 1. The number of nitrogens with zero attached hydrogens (tertiary/aromatic N) is 4. The van der Waals surface area contributed by atoms with Crippen molar-refractivity contribution in [3.05, 3.63) is 24.0 Å². The van der Waals surface area contributed by atoms with E-state index in [4.69, 9.17) is 4.74 Å². The largest absolute Gasteiger partial charge is 0.389 e. The number of aliphatic hydroxyl groups excluding tert-OH is 1. The van der Waals surface area contributed by atoms with Gasteiger partial charge >= 0.3 is 0 Å². The predicted octanol–water partition coefficient (Wildman–Crippen LogP) is 0.506. The van der Waals surface area contributed by atoms with Crippen molar-refractivity contribution in [3.8, 4) is 0 Å². The van der Waals surface area contributed by atoms with Crippen LogP contribution in [0.1, 0.15) is 25.0 Å². The molecule has 1 aliphatic carbocycles. The molecular formula is C18H28N4O3. The van der Waals surface area contributed by atoms with Gasteiger partial charge < -0.3 is 14.7 Å². The molecule has 1 saturated carbocycles. The summed E-state index contributed by atoms with van der Waals surface area (Å²) in [5, 5.41) is 15.0. The number of morpholine rings is 1. The van der Waals surface area contributed by atoms with E-state index < -0.39 is 6.10 Å². The van der Waals surface area contributed by atoms with Crippen molar-refractivity contribution in [2.45, 2.75) is 37.5 Å². The molecule has 1 saturated heterocycles. The van der Waals surface area contributed by atoms with E-state index in [1.807, 2.05) is 13.1 Å². The summed E-state index contributed by atoms with van der Waals surface area (Å²) < 4.78 is 7.13. The first-order chi connectivity index (χ1) is 12.1. The van der Waals surface area contributed by atoms with Gasteiger partial charge in [0.1, 0.15) is 0 Å². The zero-order valence-electron chi connectivity index (χ0n) is 15.0. The number of likely N-dealkylation sites (N-methyl/N-ethyl adjacent to an activating group) is 1. The second-order valence-electron chi connectivity index (χ2n) is 6.87. The lowest BCUT2D eigenvalue weighted by Gasteiger charge is -2.45. The van der Waals surface area contributed by atoms with Crippen LogP contribution in [0.25, 0.3) is 6.08 Å². The normalized spacial score (nSPS) is 28.4. The highest BCUT2D eigenvalue weighted by molar-refractivity contribution is 5.91. The fourth-order valence-electron chi connectivity index (χ4n) is 3.85. The van der Waals surface area contributed by atoms with E-state index in [2.05, 4.69) is 10.00 Å². The van der Waals surface area contributed by atoms with Gasteiger partial charge in [0.05, 0.1) is 31.1 Å². The molecule has 0 unspecified atom stereocenters. The molecule has 7 heteroatoms. The summed E-state index contributed by atoms with van der Waals surface area (Å²) >= 11 is 0. The molecule has 1 N–H and O–H groups in total. The van der Waals surface area contributed by atoms with Crippen LogP contribution in [0.15, 0.2) is 18.3 Å². The SMILES string of the molecule is CN(C(=O)/C=C/c1ccnn1C)[C@@H]1CCC[C@@H](N2CCOCC2)[C@@H]1O. The average molecular weight is 348 g/mol. The molecule has 0 bridgehead atoms. The van der Waals surface area contributed by atoms with E-state index in [9.17, 15) is 9.90 Å². The minimum Gasteiger partial charge on any atom is -0.389 e. The molecule has 2 aliphatic rings. The van der Waals surface area contributed by atoms with Gasteiger partial charge in [-0.3, -0.25) is 14.4 Å². The summed E-state index contributed by atoms with van der Waals surface area (Å²) in [6.45, 7) is 3.14. The molecule has 138 valence electrons. The summed E-state index contributed by atoms with van der Waals surface area (Å²) in [4.78, 5) is 16.5. The first kappa shape index (κ1) is 18.1. The molecule has 7 nitrogen and oxygen atoms in total. The van der Waals surface area contributed by atoms with Crippen molar-refractivity contribution in [1.82, 2.24) is 19.6 Å². The third-order valence-corrected chi connectivity index (χ3v) is 5.40. The van der Waals surface area contributed by atoms with Gasteiger partial charge in [0, 0.05) is 45.5 Å². The van der Waals surface area contributed by atoms with Crippen LogP contribution in [0, 0.1) is 0 Å². The van der Waals surface area contributed by atoms with Crippen LogP contribution in [-0.2, 0) is 16.6 Å². The van der Waals surface area contributed by atoms with Gasteiger partial charge in [0.25, 0.3) is 0 Å². The number of amides is 1. The molecule has 0 spiro atoms. The third kappa shape index (κ3) is 4.11. The van der Waals surface area contributed by atoms with Crippen molar-refractivity contribution < 1.29 is 14.6 Å². The topological polar surface area (TPSA) is 70.8 Å². The molecule has 1 aliphatic heterocycles. The minimum atomic E-state index is -0.522. The lowest BCUT2D eigenvalue weighted by Crippen LogP contribution is -2.58. The molecule has 3 rings (SSSR count). The fourth-order valence-corrected chi connectivity index (χ4v) is 3.85. The molecule has 0 radical (unpaired) electrons. The Morgan fingerprint density at radius 3 is 2.84 bits per heavy atom. The number of rotatable bonds is 4. The lowest BCUT2D eigenvalue weighted by molar-refractivity contribution is -0.133. The molecule has 1 amide bonds. The Morgan fingerprint density at radius 1 is 1.40 bits per heavy atom. The van der Waals surface area contributed by atoms with Crippen LogP contribution >= 0.6 is 0 Å². The molecule has 1 aromatic rings. The molecule has 2 heterocycles. The van der Waals surface area contributed by atoms with E-state index in [-0.39, 0.29) is 18.0 Å². The van der Waals surface area contributed by atoms with Crippen molar-refractivity contribution in [1.29, 1.82) is 0 Å². The summed E-state index contributed by atoms with van der Waals surface area (Å²) in [6, 6.07) is 1.82. The number of hydrogen-bond donors (Lipinski definition) is 1. The summed E-state index contributed by atoms with van der Waals surface area (Å²) in [5.41, 5.74) is 0.872. The fraction of sp³-hybridized carbons (Fsp3) is 0.667. The van der Waals surface area contributed by atoms with Crippen LogP contribution in [0.5, 0.6) is 0 Å². The Morgan fingerprint density at radius 2 is 2.16 bits per heavy atom. The highest BCUT2D eigenvalue weighted by atomic mass is 16.5. The zero-order valence-corrected chi connectivity index (χ0v) is 15.0. The Balaban J connectivity index is 1.63. The maximum absolute atomic E-state index is 12.5. The van der Waals surface area contributed by atoms with E-state index in [1.54, 1.807) is 35.0 Å². The first-order valence-corrected chi connectivity index (χ1v) is 9.00. The molecule has 2 fully saturated rings. The smallest absolute Gasteiger partial charge is 0.246 e. The Bertz CT molecular complexity index is 609.